The van der Waals surface area contributed by atoms with E-state index >= 15 is 0 Å². The number of nitrogens with two attached hydrogens (primary N) is 1. The molecule has 18 heavy (non-hydrogen) atoms. The van der Waals surface area contributed by atoms with Crippen LogP contribution in [0.1, 0.15) is 12.6 Å². The molecule has 1 atom stereocenters. The first-order chi connectivity index (χ1) is 8.49. The molecule has 1 aromatic rings. The van der Waals surface area contributed by atoms with Gasteiger partial charge in [-0.25, -0.2) is 9.78 Å². The molecule has 2 rings (SSSR count). The van der Waals surface area contributed by atoms with Crippen molar-refractivity contribution < 1.29 is 9.90 Å². The van der Waals surface area contributed by atoms with E-state index in [0.717, 1.165) is 11.5 Å². The van der Waals surface area contributed by atoms with Gasteiger partial charge < -0.3 is 20.6 Å². The highest BCUT2D eigenvalue weighted by Crippen LogP contribution is 2.19. The minimum atomic E-state index is -0.858. The first-order valence-electron chi connectivity index (χ1n) is 5.96. The van der Waals surface area contributed by atoms with Gasteiger partial charge in [0.2, 0.25) is 0 Å². The summed E-state index contributed by atoms with van der Waals surface area (Å²) in [6, 6.07) is 3.69. The van der Waals surface area contributed by atoms with Crippen LogP contribution in [0.5, 0.6) is 0 Å². The number of rotatable bonds is 1. The number of nitrogens with zero attached hydrogens (tertiary/aromatic N) is 3. The van der Waals surface area contributed by atoms with Gasteiger partial charge in [0.15, 0.2) is 0 Å². The maximum absolute atomic E-state index is 11.0. The van der Waals surface area contributed by atoms with Crippen LogP contribution in [0.15, 0.2) is 12.1 Å². The Morgan fingerprint density at radius 1 is 1.50 bits per heavy atom. The number of anilines is 2. The normalized spacial score (nSPS) is 20.0. The molecule has 1 aromatic heterocycles. The molecule has 0 unspecified atom stereocenters. The lowest BCUT2D eigenvalue weighted by molar-refractivity contribution is 0.122. The number of aromatic nitrogens is 1. The number of hydrogen-bond donors (Lipinski definition) is 2. The lowest BCUT2D eigenvalue weighted by atomic mass is 10.2. The smallest absolute Gasteiger partial charge is 0.407 e. The molecule has 6 nitrogen and oxygen atoms in total. The van der Waals surface area contributed by atoms with Crippen molar-refractivity contribution in [2.45, 2.75) is 19.9 Å². The Morgan fingerprint density at radius 2 is 2.22 bits per heavy atom. The van der Waals surface area contributed by atoms with Crippen molar-refractivity contribution in [3.63, 3.8) is 0 Å². The maximum Gasteiger partial charge on any atom is 0.407 e. The van der Waals surface area contributed by atoms with Crippen LogP contribution in [-0.4, -0.2) is 46.8 Å². The van der Waals surface area contributed by atoms with Crippen molar-refractivity contribution in [2.24, 2.45) is 0 Å². The summed E-state index contributed by atoms with van der Waals surface area (Å²) in [5.41, 5.74) is 7.22. The molecule has 1 aliphatic rings. The Balaban J connectivity index is 2.12. The van der Waals surface area contributed by atoms with Gasteiger partial charge in [0.25, 0.3) is 0 Å². The van der Waals surface area contributed by atoms with Gasteiger partial charge in [-0.1, -0.05) is 0 Å². The summed E-state index contributed by atoms with van der Waals surface area (Å²) in [4.78, 5) is 19.0. The highest BCUT2D eigenvalue weighted by atomic mass is 16.4. The Morgan fingerprint density at radius 3 is 2.78 bits per heavy atom. The molecule has 98 valence electrons. The Hall–Kier alpha value is -1.98. The second-order valence-corrected chi connectivity index (χ2v) is 4.62. The van der Waals surface area contributed by atoms with E-state index in [9.17, 15) is 4.79 Å². The fourth-order valence-electron chi connectivity index (χ4n) is 2.18. The molecule has 0 aromatic carbocycles. The number of piperazine rings is 1. The molecule has 1 fully saturated rings. The molecule has 1 saturated heterocycles. The zero-order valence-electron chi connectivity index (χ0n) is 10.6. The molecule has 6 heteroatoms. The summed E-state index contributed by atoms with van der Waals surface area (Å²) in [6.07, 6.45) is -0.858. The third-order valence-corrected chi connectivity index (χ3v) is 3.31. The van der Waals surface area contributed by atoms with Crippen LogP contribution >= 0.6 is 0 Å². The van der Waals surface area contributed by atoms with Crippen LogP contribution < -0.4 is 10.6 Å². The van der Waals surface area contributed by atoms with Gasteiger partial charge in [0, 0.05) is 25.7 Å². The molecule has 1 aliphatic heterocycles. The van der Waals surface area contributed by atoms with Crippen LogP contribution in [0.2, 0.25) is 0 Å². The van der Waals surface area contributed by atoms with Crippen molar-refractivity contribution in [2.75, 3.05) is 30.3 Å². The predicted molar refractivity (Wildman–Crippen MR) is 69.8 cm³/mol. The monoisotopic (exact) mass is 250 g/mol. The first kappa shape index (κ1) is 12.5. The minimum Gasteiger partial charge on any atom is -0.465 e. The van der Waals surface area contributed by atoms with Gasteiger partial charge >= 0.3 is 6.09 Å². The van der Waals surface area contributed by atoms with Gasteiger partial charge in [-0.15, -0.1) is 0 Å². The molecular weight excluding hydrogens is 232 g/mol. The van der Waals surface area contributed by atoms with Crippen LogP contribution in [-0.2, 0) is 0 Å². The lowest BCUT2D eigenvalue weighted by Crippen LogP contribution is -2.53. The summed E-state index contributed by atoms with van der Waals surface area (Å²) < 4.78 is 0. The van der Waals surface area contributed by atoms with E-state index in [1.54, 1.807) is 0 Å². The highest BCUT2D eigenvalue weighted by molar-refractivity contribution is 5.66. The quantitative estimate of drug-likeness (QED) is 0.781. The molecule has 0 aliphatic carbocycles. The van der Waals surface area contributed by atoms with Crippen LogP contribution in [0.25, 0.3) is 0 Å². The van der Waals surface area contributed by atoms with Crippen molar-refractivity contribution in [1.82, 2.24) is 9.88 Å². The number of hydrogen-bond acceptors (Lipinski definition) is 4. The van der Waals surface area contributed by atoms with Crippen LogP contribution in [0.4, 0.5) is 16.3 Å². The van der Waals surface area contributed by atoms with Gasteiger partial charge in [-0.3, -0.25) is 0 Å². The molecular formula is C12H18N4O2. The number of pyridine rings is 1. The number of aryl methyl sites for hydroxylation is 1. The van der Waals surface area contributed by atoms with E-state index in [1.165, 1.54) is 4.90 Å². The van der Waals surface area contributed by atoms with Crippen LogP contribution in [0, 0.1) is 6.92 Å². The third kappa shape index (κ3) is 2.32. The van der Waals surface area contributed by atoms with Gasteiger partial charge in [0.1, 0.15) is 5.82 Å². The zero-order valence-corrected chi connectivity index (χ0v) is 10.6. The third-order valence-electron chi connectivity index (χ3n) is 3.31. The second kappa shape index (κ2) is 4.72. The van der Waals surface area contributed by atoms with Gasteiger partial charge in [0.05, 0.1) is 11.4 Å². The number of nitrogen functional groups attached to an aromatic ring is 1. The number of amides is 1. The molecule has 0 radical (unpaired) electrons. The lowest BCUT2D eigenvalue weighted by Gasteiger charge is -2.38. The molecule has 0 bridgehead atoms. The predicted octanol–water partition coefficient (Wildman–Crippen LogP) is 1.16. The summed E-state index contributed by atoms with van der Waals surface area (Å²) >= 11 is 0. The van der Waals surface area contributed by atoms with E-state index in [0.29, 0.717) is 25.3 Å². The van der Waals surface area contributed by atoms with E-state index < -0.39 is 6.09 Å². The number of carbonyl (C=O) groups is 1. The van der Waals surface area contributed by atoms with Crippen LogP contribution in [0.3, 0.4) is 0 Å². The van der Waals surface area contributed by atoms with Gasteiger partial charge in [-0.2, -0.15) is 0 Å². The molecule has 3 N–H and O–H groups in total. The summed E-state index contributed by atoms with van der Waals surface area (Å²) in [6.45, 7) is 5.59. The van der Waals surface area contributed by atoms with Crippen molar-refractivity contribution in [3.05, 3.63) is 17.8 Å². The average molecular weight is 250 g/mol. The van der Waals surface area contributed by atoms with Crippen molar-refractivity contribution in [1.29, 1.82) is 0 Å². The molecule has 0 saturated carbocycles. The van der Waals surface area contributed by atoms with E-state index in [1.807, 2.05) is 26.0 Å². The maximum atomic E-state index is 11.0. The molecule has 2 heterocycles. The largest absolute Gasteiger partial charge is 0.465 e. The molecule has 1 amide bonds. The first-order valence-corrected chi connectivity index (χ1v) is 5.96. The highest BCUT2D eigenvalue weighted by Gasteiger charge is 2.27. The zero-order chi connectivity index (χ0) is 13.3. The summed E-state index contributed by atoms with van der Waals surface area (Å²) in [5, 5.41) is 9.02. The summed E-state index contributed by atoms with van der Waals surface area (Å²) in [5.74, 6) is 0.860. The van der Waals surface area contributed by atoms with Crippen molar-refractivity contribution >= 4 is 17.6 Å². The topological polar surface area (TPSA) is 82.7 Å². The second-order valence-electron chi connectivity index (χ2n) is 4.62. The average Bonchev–Trinajstić information content (AvgIpc) is 2.32. The van der Waals surface area contributed by atoms with Gasteiger partial charge in [-0.05, 0) is 26.0 Å². The van der Waals surface area contributed by atoms with Crippen molar-refractivity contribution in [3.8, 4) is 0 Å². The number of carboxylic acid groups (broad SMARTS) is 1. The van der Waals surface area contributed by atoms with E-state index in [4.69, 9.17) is 10.8 Å². The Labute approximate surface area is 106 Å². The standard InChI is InChI=1S/C12H18N4O2/c1-8-7-15(5-6-16(8)12(17)18)11-4-3-10(13)9(2)14-11/h3-4,8H,5-7,13H2,1-2H3,(H,17,18)/t8-/m1/s1. The molecule has 0 spiro atoms. The Bertz CT molecular complexity index is 463. The van der Waals surface area contributed by atoms with E-state index in [-0.39, 0.29) is 6.04 Å². The SMILES string of the molecule is Cc1nc(N2CCN(C(=O)O)[C@H](C)C2)ccc1N. The fraction of sp³-hybridized carbons (Fsp3) is 0.500. The Kier molecular flexibility index (Phi) is 3.27. The van der Waals surface area contributed by atoms with E-state index in [2.05, 4.69) is 9.88 Å². The minimum absolute atomic E-state index is 0.0316. The summed E-state index contributed by atoms with van der Waals surface area (Å²) in [7, 11) is 0. The fourth-order valence-corrected chi connectivity index (χ4v) is 2.18.